The molecule has 1 aromatic carbocycles. The predicted octanol–water partition coefficient (Wildman–Crippen LogP) is 0.873. The van der Waals surface area contributed by atoms with Gasteiger partial charge in [0.15, 0.2) is 0 Å². The number of methoxy groups -OCH3 is 1. The van der Waals surface area contributed by atoms with E-state index in [1.54, 1.807) is 19.6 Å². The Balaban J connectivity index is 2.42. The molecule has 1 heterocycles. The van der Waals surface area contributed by atoms with Crippen LogP contribution in [-0.2, 0) is 0 Å². The summed E-state index contributed by atoms with van der Waals surface area (Å²) in [6.07, 6.45) is 3.32. The SMILES string of the molecule is COc1cccc(-n2cncc2C(N)CO)c1. The number of hydrogen-bond acceptors (Lipinski definition) is 4. The highest BCUT2D eigenvalue weighted by Crippen LogP contribution is 2.20. The fourth-order valence-corrected chi connectivity index (χ4v) is 1.65. The lowest BCUT2D eigenvalue weighted by Gasteiger charge is -2.13. The zero-order valence-electron chi connectivity index (χ0n) is 9.58. The van der Waals surface area contributed by atoms with Gasteiger partial charge in [-0.1, -0.05) is 6.07 Å². The van der Waals surface area contributed by atoms with E-state index in [1.165, 1.54) is 0 Å². The minimum absolute atomic E-state index is 0.115. The van der Waals surface area contributed by atoms with Crippen molar-refractivity contribution in [2.45, 2.75) is 6.04 Å². The highest BCUT2D eigenvalue weighted by atomic mass is 16.5. The van der Waals surface area contributed by atoms with Gasteiger partial charge in [0.05, 0.1) is 43.7 Å². The second-order valence-corrected chi connectivity index (χ2v) is 3.68. The largest absolute Gasteiger partial charge is 0.497 e. The first kappa shape index (κ1) is 11.6. The standard InChI is InChI=1S/C12H15N3O2/c1-17-10-4-2-3-9(5-10)15-8-14-6-12(15)11(13)7-16/h2-6,8,11,16H,7,13H2,1H3. The maximum atomic E-state index is 9.09. The molecule has 0 aliphatic carbocycles. The summed E-state index contributed by atoms with van der Waals surface area (Å²) in [5.41, 5.74) is 7.47. The van der Waals surface area contributed by atoms with Gasteiger partial charge in [-0.05, 0) is 12.1 Å². The normalized spacial score (nSPS) is 12.4. The molecule has 0 saturated carbocycles. The molecule has 90 valence electrons. The Hall–Kier alpha value is -1.85. The Kier molecular flexibility index (Phi) is 3.41. The third-order valence-electron chi connectivity index (χ3n) is 2.58. The van der Waals surface area contributed by atoms with Crippen LogP contribution in [0.5, 0.6) is 5.75 Å². The molecular formula is C12H15N3O2. The summed E-state index contributed by atoms with van der Waals surface area (Å²) >= 11 is 0. The van der Waals surface area contributed by atoms with E-state index in [4.69, 9.17) is 15.6 Å². The number of hydrogen-bond donors (Lipinski definition) is 2. The minimum atomic E-state index is -0.441. The lowest BCUT2D eigenvalue weighted by molar-refractivity contribution is 0.265. The van der Waals surface area contributed by atoms with Gasteiger partial charge >= 0.3 is 0 Å². The molecule has 0 amide bonds. The van der Waals surface area contributed by atoms with E-state index in [-0.39, 0.29) is 6.61 Å². The molecule has 3 N–H and O–H groups in total. The van der Waals surface area contributed by atoms with Crippen LogP contribution in [-0.4, -0.2) is 28.4 Å². The van der Waals surface area contributed by atoms with E-state index < -0.39 is 6.04 Å². The van der Waals surface area contributed by atoms with Gasteiger partial charge in [0.1, 0.15) is 5.75 Å². The van der Waals surface area contributed by atoms with Crippen LogP contribution < -0.4 is 10.5 Å². The monoisotopic (exact) mass is 233 g/mol. The first-order valence-corrected chi connectivity index (χ1v) is 5.29. The second-order valence-electron chi connectivity index (χ2n) is 3.68. The lowest BCUT2D eigenvalue weighted by atomic mass is 10.2. The smallest absolute Gasteiger partial charge is 0.120 e. The average molecular weight is 233 g/mol. The second kappa shape index (κ2) is 4.99. The number of aliphatic hydroxyl groups excluding tert-OH is 1. The number of rotatable bonds is 4. The number of benzene rings is 1. The number of nitrogens with two attached hydrogens (primary N) is 1. The van der Waals surface area contributed by atoms with Crippen molar-refractivity contribution in [3.05, 3.63) is 42.5 Å². The summed E-state index contributed by atoms with van der Waals surface area (Å²) in [7, 11) is 1.62. The van der Waals surface area contributed by atoms with Crippen LogP contribution in [0.3, 0.4) is 0 Å². The maximum absolute atomic E-state index is 9.09. The van der Waals surface area contributed by atoms with Gasteiger partial charge in [0.25, 0.3) is 0 Å². The predicted molar refractivity (Wildman–Crippen MR) is 64.1 cm³/mol. The van der Waals surface area contributed by atoms with Crippen LogP contribution in [0.2, 0.25) is 0 Å². The summed E-state index contributed by atoms with van der Waals surface area (Å²) in [6.45, 7) is -0.115. The van der Waals surface area contributed by atoms with Crippen LogP contribution in [0, 0.1) is 0 Å². The van der Waals surface area contributed by atoms with Gasteiger partial charge in [0.2, 0.25) is 0 Å². The topological polar surface area (TPSA) is 73.3 Å². The summed E-state index contributed by atoms with van der Waals surface area (Å²) in [4.78, 5) is 4.05. The molecule has 0 fully saturated rings. The summed E-state index contributed by atoms with van der Waals surface area (Å²) in [5.74, 6) is 0.764. The molecule has 2 rings (SSSR count). The zero-order chi connectivity index (χ0) is 12.3. The van der Waals surface area contributed by atoms with Crippen molar-refractivity contribution in [3.8, 4) is 11.4 Å². The quantitative estimate of drug-likeness (QED) is 0.822. The number of ether oxygens (including phenoxy) is 1. The molecule has 5 nitrogen and oxygen atoms in total. The Morgan fingerprint density at radius 1 is 1.53 bits per heavy atom. The number of nitrogens with zero attached hydrogens (tertiary/aromatic N) is 2. The Labute approximate surface area is 99.5 Å². The van der Waals surface area contributed by atoms with Gasteiger partial charge in [-0.2, -0.15) is 0 Å². The molecule has 0 aliphatic rings. The van der Waals surface area contributed by atoms with Gasteiger partial charge in [-0.3, -0.25) is 0 Å². The van der Waals surface area contributed by atoms with E-state index in [0.717, 1.165) is 17.1 Å². The first-order valence-electron chi connectivity index (χ1n) is 5.29. The van der Waals surface area contributed by atoms with Gasteiger partial charge in [-0.25, -0.2) is 4.98 Å². The fraction of sp³-hybridized carbons (Fsp3) is 0.250. The van der Waals surface area contributed by atoms with Crippen molar-refractivity contribution in [3.63, 3.8) is 0 Å². The lowest BCUT2D eigenvalue weighted by Crippen LogP contribution is -2.18. The van der Waals surface area contributed by atoms with Crippen molar-refractivity contribution >= 4 is 0 Å². The molecule has 0 aliphatic heterocycles. The van der Waals surface area contributed by atoms with E-state index in [2.05, 4.69) is 4.98 Å². The highest BCUT2D eigenvalue weighted by molar-refractivity contribution is 5.40. The van der Waals surface area contributed by atoms with Crippen molar-refractivity contribution < 1.29 is 9.84 Å². The third-order valence-corrected chi connectivity index (χ3v) is 2.58. The summed E-state index contributed by atoms with van der Waals surface area (Å²) in [5, 5.41) is 9.09. The van der Waals surface area contributed by atoms with Crippen molar-refractivity contribution in [1.29, 1.82) is 0 Å². The third kappa shape index (κ3) is 2.30. The Bertz CT molecular complexity index is 496. The van der Waals surface area contributed by atoms with Crippen LogP contribution in [0.25, 0.3) is 5.69 Å². The first-order chi connectivity index (χ1) is 8.26. The average Bonchev–Trinajstić information content (AvgIpc) is 2.87. The van der Waals surface area contributed by atoms with E-state index >= 15 is 0 Å². The zero-order valence-corrected chi connectivity index (χ0v) is 9.58. The molecule has 1 atom stereocenters. The number of imidazole rings is 1. The molecule has 2 aromatic rings. The van der Waals surface area contributed by atoms with E-state index in [1.807, 2.05) is 28.8 Å². The van der Waals surface area contributed by atoms with Gasteiger partial charge in [-0.15, -0.1) is 0 Å². The molecule has 0 radical (unpaired) electrons. The van der Waals surface area contributed by atoms with Crippen LogP contribution in [0.1, 0.15) is 11.7 Å². The van der Waals surface area contributed by atoms with Crippen molar-refractivity contribution in [2.24, 2.45) is 5.73 Å². The molecule has 1 unspecified atom stereocenters. The molecule has 0 saturated heterocycles. The molecule has 1 aromatic heterocycles. The van der Waals surface area contributed by atoms with Crippen LogP contribution >= 0.6 is 0 Å². The Morgan fingerprint density at radius 2 is 2.35 bits per heavy atom. The molecule has 0 bridgehead atoms. The van der Waals surface area contributed by atoms with E-state index in [0.29, 0.717) is 0 Å². The van der Waals surface area contributed by atoms with Gasteiger partial charge < -0.3 is 20.1 Å². The molecule has 17 heavy (non-hydrogen) atoms. The summed E-state index contributed by atoms with van der Waals surface area (Å²) in [6, 6.07) is 7.13. The van der Waals surface area contributed by atoms with Crippen LogP contribution in [0.15, 0.2) is 36.8 Å². The molecule has 5 heteroatoms. The minimum Gasteiger partial charge on any atom is -0.497 e. The molecular weight excluding hydrogens is 218 g/mol. The fourth-order valence-electron chi connectivity index (χ4n) is 1.65. The highest BCUT2D eigenvalue weighted by Gasteiger charge is 2.11. The number of aromatic nitrogens is 2. The van der Waals surface area contributed by atoms with E-state index in [9.17, 15) is 0 Å². The van der Waals surface area contributed by atoms with Gasteiger partial charge in [0, 0.05) is 6.07 Å². The Morgan fingerprint density at radius 3 is 3.06 bits per heavy atom. The summed E-state index contributed by atoms with van der Waals surface area (Å²) < 4.78 is 7.00. The molecule has 0 spiro atoms. The van der Waals surface area contributed by atoms with Crippen molar-refractivity contribution in [2.75, 3.05) is 13.7 Å². The van der Waals surface area contributed by atoms with Crippen molar-refractivity contribution in [1.82, 2.24) is 9.55 Å². The number of aliphatic hydroxyl groups is 1. The van der Waals surface area contributed by atoms with Crippen LogP contribution in [0.4, 0.5) is 0 Å². The maximum Gasteiger partial charge on any atom is 0.120 e.